The number of ether oxygens (including phenoxy) is 1. The first-order chi connectivity index (χ1) is 12.0. The number of nitrogens with zero attached hydrogens (tertiary/aromatic N) is 1. The van der Waals surface area contributed by atoms with Crippen LogP contribution in [0.2, 0.25) is 10.0 Å². The number of amides is 1. The zero-order valence-electron chi connectivity index (χ0n) is 12.6. The molecule has 1 aromatic heterocycles. The molecule has 0 unspecified atom stereocenters. The molecule has 8 heteroatoms. The van der Waals surface area contributed by atoms with Gasteiger partial charge in [0.1, 0.15) is 18.2 Å². The molecule has 1 heterocycles. The molecule has 0 aliphatic rings. The van der Waals surface area contributed by atoms with E-state index in [1.54, 1.807) is 29.8 Å². The van der Waals surface area contributed by atoms with Crippen molar-refractivity contribution in [3.05, 3.63) is 74.4 Å². The normalized spacial score (nSPS) is 10.5. The Morgan fingerprint density at radius 1 is 1.24 bits per heavy atom. The summed E-state index contributed by atoms with van der Waals surface area (Å²) in [6, 6.07) is 9.10. The summed E-state index contributed by atoms with van der Waals surface area (Å²) in [5, 5.41) is 4.46. The van der Waals surface area contributed by atoms with Gasteiger partial charge in [0.2, 0.25) is 0 Å². The van der Waals surface area contributed by atoms with E-state index in [1.807, 2.05) is 5.38 Å². The molecule has 0 atom stereocenters. The number of rotatable bonds is 5. The Bertz CT molecular complexity index is 904. The standard InChI is InChI=1S/C17H11Cl2FN2O2S/c18-12-6-13(19)14(20)5-11(12)17(23)22-15-3-1-2-4-16(15)24-7-10-8-25-9-21-10/h1-6,8-9H,7H2,(H,22,23). The number of halogens is 3. The monoisotopic (exact) mass is 396 g/mol. The summed E-state index contributed by atoms with van der Waals surface area (Å²) in [5.41, 5.74) is 2.92. The minimum Gasteiger partial charge on any atom is -0.485 e. The highest BCUT2D eigenvalue weighted by atomic mass is 35.5. The summed E-state index contributed by atoms with van der Waals surface area (Å²) < 4.78 is 19.3. The van der Waals surface area contributed by atoms with Crippen LogP contribution in [0.3, 0.4) is 0 Å². The summed E-state index contributed by atoms with van der Waals surface area (Å²) in [6.45, 7) is 0.271. The van der Waals surface area contributed by atoms with E-state index in [4.69, 9.17) is 27.9 Å². The summed E-state index contributed by atoms with van der Waals surface area (Å²) in [6.07, 6.45) is 0. The molecular weight excluding hydrogens is 386 g/mol. The Hall–Kier alpha value is -2.15. The van der Waals surface area contributed by atoms with Crippen LogP contribution >= 0.6 is 34.5 Å². The number of thiazole rings is 1. The lowest BCUT2D eigenvalue weighted by atomic mass is 10.2. The minimum absolute atomic E-state index is 0.0159. The van der Waals surface area contributed by atoms with E-state index in [-0.39, 0.29) is 22.2 Å². The van der Waals surface area contributed by atoms with Gasteiger partial charge in [-0.2, -0.15) is 0 Å². The Morgan fingerprint density at radius 2 is 2.04 bits per heavy atom. The fourth-order valence-corrected chi connectivity index (χ4v) is 3.05. The third-order valence-electron chi connectivity index (χ3n) is 3.25. The third kappa shape index (κ3) is 4.28. The molecule has 0 radical (unpaired) electrons. The Kier molecular flexibility index (Phi) is 5.53. The highest BCUT2D eigenvalue weighted by Gasteiger charge is 2.16. The molecule has 0 aliphatic heterocycles. The Balaban J connectivity index is 1.78. The second-order valence-corrected chi connectivity index (χ2v) is 6.50. The number of hydrogen-bond acceptors (Lipinski definition) is 4. The first-order valence-electron chi connectivity index (χ1n) is 7.09. The van der Waals surface area contributed by atoms with Gasteiger partial charge in [0.15, 0.2) is 0 Å². The van der Waals surface area contributed by atoms with Gasteiger partial charge in [0, 0.05) is 5.38 Å². The number of benzene rings is 2. The van der Waals surface area contributed by atoms with Gasteiger partial charge in [-0.3, -0.25) is 4.79 Å². The van der Waals surface area contributed by atoms with Crippen molar-refractivity contribution >= 4 is 46.1 Å². The van der Waals surface area contributed by atoms with Gasteiger partial charge in [-0.1, -0.05) is 35.3 Å². The molecule has 0 bridgehead atoms. The van der Waals surface area contributed by atoms with E-state index in [0.29, 0.717) is 11.4 Å². The van der Waals surface area contributed by atoms with Crippen LogP contribution in [0.5, 0.6) is 5.75 Å². The maximum atomic E-state index is 13.6. The van der Waals surface area contributed by atoms with Gasteiger partial charge >= 0.3 is 0 Å². The molecule has 0 saturated heterocycles. The summed E-state index contributed by atoms with van der Waals surface area (Å²) in [4.78, 5) is 16.5. The van der Waals surface area contributed by atoms with Crippen LogP contribution in [0.15, 0.2) is 47.3 Å². The maximum Gasteiger partial charge on any atom is 0.257 e. The predicted octanol–water partition coefficient (Wildman–Crippen LogP) is 5.42. The van der Waals surface area contributed by atoms with E-state index < -0.39 is 11.7 Å². The quantitative estimate of drug-likeness (QED) is 0.585. The number of carbonyl (C=O) groups excluding carboxylic acids is 1. The molecule has 0 fully saturated rings. The Labute approximate surface area is 157 Å². The van der Waals surface area contributed by atoms with Crippen LogP contribution < -0.4 is 10.1 Å². The molecular formula is C17H11Cl2FN2O2S. The van der Waals surface area contributed by atoms with Crippen molar-refractivity contribution in [2.45, 2.75) is 6.61 Å². The molecule has 0 aliphatic carbocycles. The molecule has 0 saturated carbocycles. The highest BCUT2D eigenvalue weighted by Crippen LogP contribution is 2.28. The largest absolute Gasteiger partial charge is 0.485 e. The molecule has 0 spiro atoms. The van der Waals surface area contributed by atoms with E-state index in [9.17, 15) is 9.18 Å². The summed E-state index contributed by atoms with van der Waals surface area (Å²) in [5.74, 6) is -0.816. The van der Waals surface area contributed by atoms with Crippen molar-refractivity contribution in [3.8, 4) is 5.75 Å². The van der Waals surface area contributed by atoms with Crippen LogP contribution in [0, 0.1) is 5.82 Å². The number of nitrogens with one attached hydrogen (secondary N) is 1. The molecule has 4 nitrogen and oxygen atoms in total. The first kappa shape index (κ1) is 17.7. The van der Waals surface area contributed by atoms with Crippen molar-refractivity contribution in [3.63, 3.8) is 0 Å². The number of anilines is 1. The van der Waals surface area contributed by atoms with Crippen LogP contribution in [0.1, 0.15) is 16.1 Å². The van der Waals surface area contributed by atoms with Crippen LogP contribution in [-0.4, -0.2) is 10.9 Å². The molecule has 3 rings (SSSR count). The predicted molar refractivity (Wildman–Crippen MR) is 97.3 cm³/mol. The fourth-order valence-electron chi connectivity index (χ4n) is 2.04. The lowest BCUT2D eigenvalue weighted by Crippen LogP contribution is -2.14. The first-order valence-corrected chi connectivity index (χ1v) is 8.79. The van der Waals surface area contributed by atoms with Crippen molar-refractivity contribution in [1.29, 1.82) is 0 Å². The molecule has 25 heavy (non-hydrogen) atoms. The van der Waals surface area contributed by atoms with Crippen LogP contribution in [0.25, 0.3) is 0 Å². The minimum atomic E-state index is -0.718. The molecule has 2 aromatic carbocycles. The van der Waals surface area contributed by atoms with Crippen LogP contribution in [0.4, 0.5) is 10.1 Å². The van der Waals surface area contributed by atoms with Gasteiger partial charge in [0.25, 0.3) is 5.91 Å². The molecule has 3 aromatic rings. The number of aromatic nitrogens is 1. The number of hydrogen-bond donors (Lipinski definition) is 1. The van der Waals surface area contributed by atoms with Crippen LogP contribution in [-0.2, 0) is 6.61 Å². The average Bonchev–Trinajstić information content (AvgIpc) is 3.11. The zero-order valence-corrected chi connectivity index (χ0v) is 15.0. The topological polar surface area (TPSA) is 51.2 Å². The van der Waals surface area contributed by atoms with Crippen molar-refractivity contribution in [1.82, 2.24) is 4.98 Å². The van der Waals surface area contributed by atoms with E-state index in [1.165, 1.54) is 17.4 Å². The molecule has 128 valence electrons. The summed E-state index contributed by atoms with van der Waals surface area (Å²) in [7, 11) is 0. The highest BCUT2D eigenvalue weighted by molar-refractivity contribution is 7.07. The lowest BCUT2D eigenvalue weighted by Gasteiger charge is -2.12. The van der Waals surface area contributed by atoms with Crippen molar-refractivity contribution < 1.29 is 13.9 Å². The van der Waals surface area contributed by atoms with Gasteiger partial charge in [-0.25, -0.2) is 9.37 Å². The number of para-hydroxylation sites is 2. The molecule has 1 amide bonds. The summed E-state index contributed by atoms with van der Waals surface area (Å²) >= 11 is 13.1. The third-order valence-corrected chi connectivity index (χ3v) is 4.49. The van der Waals surface area contributed by atoms with Crippen molar-refractivity contribution in [2.75, 3.05) is 5.32 Å². The van der Waals surface area contributed by atoms with E-state index >= 15 is 0 Å². The SMILES string of the molecule is O=C(Nc1ccccc1OCc1cscn1)c1cc(F)c(Cl)cc1Cl. The van der Waals surface area contributed by atoms with E-state index in [2.05, 4.69) is 10.3 Å². The second kappa shape index (κ2) is 7.82. The van der Waals surface area contributed by atoms with Gasteiger partial charge < -0.3 is 10.1 Å². The van der Waals surface area contributed by atoms with Gasteiger partial charge in [0.05, 0.1) is 32.5 Å². The fraction of sp³-hybridized carbons (Fsp3) is 0.0588. The second-order valence-electron chi connectivity index (χ2n) is 4.96. The Morgan fingerprint density at radius 3 is 2.80 bits per heavy atom. The van der Waals surface area contributed by atoms with E-state index in [0.717, 1.165) is 11.8 Å². The smallest absolute Gasteiger partial charge is 0.257 e. The van der Waals surface area contributed by atoms with Crippen molar-refractivity contribution in [2.24, 2.45) is 0 Å². The number of carbonyl (C=O) groups is 1. The van der Waals surface area contributed by atoms with Gasteiger partial charge in [-0.05, 0) is 24.3 Å². The maximum absolute atomic E-state index is 13.6. The lowest BCUT2D eigenvalue weighted by molar-refractivity contribution is 0.102. The average molecular weight is 397 g/mol. The zero-order chi connectivity index (χ0) is 17.8. The van der Waals surface area contributed by atoms with Gasteiger partial charge in [-0.15, -0.1) is 11.3 Å². The molecule has 1 N–H and O–H groups in total.